The van der Waals surface area contributed by atoms with Crippen molar-refractivity contribution < 1.29 is 27.1 Å². The number of alkyl halides is 3. The molecule has 0 radical (unpaired) electrons. The molecule has 0 unspecified atom stereocenters. The minimum absolute atomic E-state index is 0.190. The highest BCUT2D eigenvalue weighted by molar-refractivity contribution is 5.74. The fourth-order valence-corrected chi connectivity index (χ4v) is 4.88. The minimum atomic E-state index is -4.43. The number of nitrogens with zero attached hydrogens (tertiary/aromatic N) is 1. The smallest absolute Gasteiger partial charge is 0.416 e. The molecule has 2 N–H and O–H groups in total. The highest BCUT2D eigenvalue weighted by Crippen LogP contribution is 2.40. The van der Waals surface area contributed by atoms with Crippen LogP contribution in [0.3, 0.4) is 0 Å². The van der Waals surface area contributed by atoms with Crippen LogP contribution in [0, 0.1) is 6.92 Å². The topological polar surface area (TPSA) is 76.4 Å². The van der Waals surface area contributed by atoms with Gasteiger partial charge in [0, 0.05) is 13.5 Å². The van der Waals surface area contributed by atoms with Gasteiger partial charge in [-0.05, 0) is 49.9 Å². The largest absolute Gasteiger partial charge is 0.446 e. The van der Waals surface area contributed by atoms with Crippen molar-refractivity contribution in [2.75, 3.05) is 13.2 Å². The first-order valence-electron chi connectivity index (χ1n) is 11.8. The maximum atomic E-state index is 13.4. The van der Waals surface area contributed by atoms with E-state index in [2.05, 4.69) is 15.6 Å². The number of carbonyl (C=O) groups is 1. The van der Waals surface area contributed by atoms with E-state index >= 15 is 0 Å². The Hall–Kier alpha value is -3.17. The highest BCUT2D eigenvalue weighted by Gasteiger charge is 2.47. The number of amides is 1. The first kappa shape index (κ1) is 25.9. The van der Waals surface area contributed by atoms with Crippen molar-refractivity contribution >= 4 is 5.91 Å². The number of aromatic nitrogens is 1. The summed E-state index contributed by atoms with van der Waals surface area (Å²) in [5, 5.41) is 6.60. The van der Waals surface area contributed by atoms with Gasteiger partial charge >= 0.3 is 6.18 Å². The third-order valence-corrected chi connectivity index (χ3v) is 6.83. The Kier molecular flexibility index (Phi) is 7.24. The van der Waals surface area contributed by atoms with Gasteiger partial charge in [0.1, 0.15) is 5.54 Å². The summed E-state index contributed by atoms with van der Waals surface area (Å²) in [6, 6.07) is 13.8. The molecule has 2 heterocycles. The lowest BCUT2D eigenvalue weighted by molar-refractivity contribution is -0.137. The molecule has 1 saturated heterocycles. The number of nitrogens with one attached hydrogen (secondary N) is 2. The molecule has 36 heavy (non-hydrogen) atoms. The number of oxazole rings is 1. The van der Waals surface area contributed by atoms with Gasteiger partial charge in [-0.25, -0.2) is 4.98 Å². The van der Waals surface area contributed by atoms with Crippen molar-refractivity contribution in [2.45, 2.75) is 57.0 Å². The summed E-state index contributed by atoms with van der Waals surface area (Å²) < 4.78 is 51.9. The van der Waals surface area contributed by atoms with E-state index in [9.17, 15) is 18.0 Å². The average molecular weight is 502 g/mol. The summed E-state index contributed by atoms with van der Waals surface area (Å²) >= 11 is 0. The van der Waals surface area contributed by atoms with Crippen molar-refractivity contribution in [3.63, 3.8) is 0 Å². The van der Waals surface area contributed by atoms with Gasteiger partial charge in [-0.15, -0.1) is 0 Å². The number of rotatable bonds is 7. The third kappa shape index (κ3) is 5.47. The molecule has 192 valence electrons. The quantitative estimate of drug-likeness (QED) is 0.454. The molecule has 1 aliphatic heterocycles. The van der Waals surface area contributed by atoms with Crippen LogP contribution in [0.4, 0.5) is 13.2 Å². The molecule has 1 amide bonds. The van der Waals surface area contributed by atoms with Crippen LogP contribution in [-0.4, -0.2) is 24.0 Å². The first-order chi connectivity index (χ1) is 17.0. The molecule has 1 fully saturated rings. The zero-order chi connectivity index (χ0) is 26.0. The fourth-order valence-electron chi connectivity index (χ4n) is 4.88. The number of hydrogen-bond donors (Lipinski definition) is 2. The van der Waals surface area contributed by atoms with E-state index in [1.807, 2.05) is 30.3 Å². The van der Waals surface area contributed by atoms with Gasteiger partial charge in [-0.2, -0.15) is 13.2 Å². The third-order valence-electron chi connectivity index (χ3n) is 6.83. The number of ether oxygens (including phenoxy) is 1. The van der Waals surface area contributed by atoms with Crippen LogP contribution >= 0.6 is 0 Å². The Labute approximate surface area is 208 Å². The van der Waals surface area contributed by atoms with E-state index in [4.69, 9.17) is 9.15 Å². The Morgan fingerprint density at radius 1 is 1.22 bits per heavy atom. The van der Waals surface area contributed by atoms with E-state index in [1.54, 1.807) is 26.1 Å². The second kappa shape index (κ2) is 10.1. The van der Waals surface area contributed by atoms with Crippen LogP contribution in [-0.2, 0) is 26.8 Å². The number of piperidine rings is 1. The lowest BCUT2D eigenvalue weighted by Gasteiger charge is -2.47. The zero-order valence-electron chi connectivity index (χ0n) is 20.5. The molecule has 3 atom stereocenters. The standard InChI is InChI=1S/C27H30F3N3O3/c1-18-11-21(13-23(12-18)27(28,29)30)19(2)35-16-26(22-7-5-4-6-8-22)10-9-25(15-32-26,33-20(3)34)24-14-31-17-36-24/h4-8,11-14,17,19,32H,9-10,15-16H2,1-3H3,(H,33,34)/t19-,25+,26-/m1/s1. The van der Waals surface area contributed by atoms with Gasteiger partial charge in [0.15, 0.2) is 12.2 Å². The molecule has 6 nitrogen and oxygen atoms in total. The summed E-state index contributed by atoms with van der Waals surface area (Å²) in [6.45, 7) is 5.44. The summed E-state index contributed by atoms with van der Waals surface area (Å²) in [5.41, 5.74) is -0.0925. The van der Waals surface area contributed by atoms with Crippen molar-refractivity contribution in [1.29, 1.82) is 0 Å². The number of carbonyl (C=O) groups excluding carboxylic acids is 1. The number of aryl methyl sites for hydroxylation is 1. The Morgan fingerprint density at radius 2 is 1.97 bits per heavy atom. The van der Waals surface area contributed by atoms with E-state index in [0.717, 1.165) is 17.7 Å². The Bertz CT molecular complexity index is 1170. The van der Waals surface area contributed by atoms with Gasteiger partial charge < -0.3 is 19.8 Å². The molecule has 0 spiro atoms. The fraction of sp³-hybridized carbons (Fsp3) is 0.407. The molecular weight excluding hydrogens is 471 g/mol. The van der Waals surface area contributed by atoms with Crippen LogP contribution < -0.4 is 10.6 Å². The summed E-state index contributed by atoms with van der Waals surface area (Å²) in [4.78, 5) is 16.1. The van der Waals surface area contributed by atoms with Crippen molar-refractivity contribution in [3.8, 4) is 0 Å². The van der Waals surface area contributed by atoms with Crippen LogP contribution in [0.1, 0.15) is 60.8 Å². The number of halogens is 3. The van der Waals surface area contributed by atoms with Crippen LogP contribution in [0.15, 0.2) is 65.5 Å². The lowest BCUT2D eigenvalue weighted by Crippen LogP contribution is -2.62. The maximum absolute atomic E-state index is 13.4. The van der Waals surface area contributed by atoms with Crippen molar-refractivity contribution in [1.82, 2.24) is 15.6 Å². The van der Waals surface area contributed by atoms with E-state index < -0.39 is 28.9 Å². The maximum Gasteiger partial charge on any atom is 0.416 e. The SMILES string of the molecule is CC(=O)N[C@@]1(c2cnco2)CC[C@@](CO[C@H](C)c2cc(C)cc(C(F)(F)F)c2)(c2ccccc2)NC1. The van der Waals surface area contributed by atoms with Crippen molar-refractivity contribution in [3.05, 3.63) is 89.1 Å². The van der Waals surface area contributed by atoms with Crippen LogP contribution in [0.25, 0.3) is 0 Å². The van der Waals surface area contributed by atoms with Crippen LogP contribution in [0.2, 0.25) is 0 Å². The van der Waals surface area contributed by atoms with Gasteiger partial charge in [-0.1, -0.05) is 42.0 Å². The zero-order valence-corrected chi connectivity index (χ0v) is 20.5. The summed E-state index contributed by atoms with van der Waals surface area (Å²) in [6.07, 6.45) is -0.938. The number of benzene rings is 2. The van der Waals surface area contributed by atoms with Gasteiger partial charge in [0.05, 0.1) is 30.0 Å². The van der Waals surface area contributed by atoms with Gasteiger partial charge in [0.25, 0.3) is 0 Å². The second-order valence-corrected chi connectivity index (χ2v) is 9.51. The molecule has 3 aromatic rings. The van der Waals surface area contributed by atoms with Crippen LogP contribution in [0.5, 0.6) is 0 Å². The molecule has 0 saturated carbocycles. The second-order valence-electron chi connectivity index (χ2n) is 9.51. The molecule has 1 aromatic heterocycles. The highest BCUT2D eigenvalue weighted by atomic mass is 19.4. The Balaban J connectivity index is 1.59. The van der Waals surface area contributed by atoms with E-state index in [-0.39, 0.29) is 12.5 Å². The van der Waals surface area contributed by atoms with E-state index in [1.165, 1.54) is 13.3 Å². The molecule has 4 rings (SSSR count). The lowest BCUT2D eigenvalue weighted by atomic mass is 9.75. The molecule has 9 heteroatoms. The monoisotopic (exact) mass is 501 g/mol. The molecule has 1 aliphatic rings. The molecule has 2 aromatic carbocycles. The first-order valence-corrected chi connectivity index (χ1v) is 11.8. The summed E-state index contributed by atoms with van der Waals surface area (Å²) in [7, 11) is 0. The minimum Gasteiger partial charge on any atom is -0.446 e. The van der Waals surface area contributed by atoms with Crippen molar-refractivity contribution in [2.24, 2.45) is 0 Å². The molecule has 0 aliphatic carbocycles. The molecule has 0 bridgehead atoms. The molecular formula is C27H30F3N3O3. The predicted molar refractivity (Wildman–Crippen MR) is 128 cm³/mol. The average Bonchev–Trinajstić information content (AvgIpc) is 3.39. The Morgan fingerprint density at radius 3 is 2.56 bits per heavy atom. The van der Waals surface area contributed by atoms with E-state index in [0.29, 0.717) is 36.3 Å². The summed E-state index contributed by atoms with van der Waals surface area (Å²) in [5.74, 6) is 0.366. The predicted octanol–water partition coefficient (Wildman–Crippen LogP) is 5.39. The van der Waals surface area contributed by atoms with Gasteiger partial charge in [-0.3, -0.25) is 4.79 Å². The normalized spacial score (nSPS) is 23.3. The number of hydrogen-bond acceptors (Lipinski definition) is 5. The van der Waals surface area contributed by atoms with Gasteiger partial charge in [0.2, 0.25) is 5.91 Å².